The molecule has 1 amide bonds. The van der Waals surface area contributed by atoms with Crippen molar-refractivity contribution in [1.82, 2.24) is 0 Å². The summed E-state index contributed by atoms with van der Waals surface area (Å²) in [6, 6.07) is 23.3. The van der Waals surface area contributed by atoms with Crippen LogP contribution >= 0.6 is 23.2 Å². The molecule has 33 heavy (non-hydrogen) atoms. The molecule has 3 aromatic carbocycles. The highest BCUT2D eigenvalue weighted by atomic mass is 35.5. The Balaban J connectivity index is 1.70. The van der Waals surface area contributed by atoms with Crippen molar-refractivity contribution in [2.75, 3.05) is 4.90 Å². The van der Waals surface area contributed by atoms with Crippen molar-refractivity contribution in [2.45, 2.75) is 38.0 Å². The van der Waals surface area contributed by atoms with Gasteiger partial charge in [-0.1, -0.05) is 83.9 Å². The van der Waals surface area contributed by atoms with E-state index in [0.29, 0.717) is 28.5 Å². The van der Waals surface area contributed by atoms with Gasteiger partial charge in [0.15, 0.2) is 5.78 Å². The Morgan fingerprint density at radius 2 is 1.55 bits per heavy atom. The number of Topliss-reactive ketones (excluding diaryl/α,β-unsaturated/α-hetero) is 1. The molecule has 5 rings (SSSR count). The van der Waals surface area contributed by atoms with Crippen LogP contribution in [0.4, 0.5) is 5.69 Å². The molecule has 166 valence electrons. The van der Waals surface area contributed by atoms with Crippen molar-refractivity contribution in [3.63, 3.8) is 0 Å². The van der Waals surface area contributed by atoms with Crippen LogP contribution in [0.15, 0.2) is 84.1 Å². The topological polar surface area (TPSA) is 37.4 Å². The third-order valence-corrected chi connectivity index (χ3v) is 7.55. The molecular weight excluding hydrogens is 453 g/mol. The van der Waals surface area contributed by atoms with E-state index < -0.39 is 5.92 Å². The summed E-state index contributed by atoms with van der Waals surface area (Å²) in [7, 11) is 0. The fourth-order valence-corrected chi connectivity index (χ4v) is 5.59. The molecular formula is C28H23Cl2NO2. The number of aryl methyl sites for hydroxylation is 1. The third kappa shape index (κ3) is 3.90. The Morgan fingerprint density at radius 3 is 2.30 bits per heavy atom. The first-order chi connectivity index (χ1) is 16.0. The summed E-state index contributed by atoms with van der Waals surface area (Å²) in [6.07, 6.45) is 1.20. The number of nitrogens with zero attached hydrogens (tertiary/aromatic N) is 1. The van der Waals surface area contributed by atoms with Crippen molar-refractivity contribution >= 4 is 40.6 Å². The molecule has 1 aliphatic carbocycles. The molecule has 2 aliphatic rings. The standard InChI is InChI=1S/C28H23Cl2NO2/c1-17-8-5-6-13-23(17)31-24-14-19(18-9-3-2-4-10-18)15-25(32)27(24)21(16-26(31)33)20-11-7-12-22(29)28(20)30/h2-13,19,21H,14-16H2,1H3. The molecule has 0 radical (unpaired) electrons. The summed E-state index contributed by atoms with van der Waals surface area (Å²) in [6.45, 7) is 1.99. The molecule has 0 bridgehead atoms. The van der Waals surface area contributed by atoms with Gasteiger partial charge in [-0.2, -0.15) is 0 Å². The summed E-state index contributed by atoms with van der Waals surface area (Å²) >= 11 is 12.9. The maximum atomic E-state index is 13.7. The van der Waals surface area contributed by atoms with Gasteiger partial charge in [0.05, 0.1) is 15.7 Å². The number of hydrogen-bond acceptors (Lipinski definition) is 2. The molecule has 3 nitrogen and oxygen atoms in total. The second kappa shape index (κ2) is 8.81. The van der Waals surface area contributed by atoms with E-state index in [2.05, 4.69) is 12.1 Å². The molecule has 0 saturated heterocycles. The Kier molecular flexibility index (Phi) is 5.86. The van der Waals surface area contributed by atoms with Crippen molar-refractivity contribution in [1.29, 1.82) is 0 Å². The van der Waals surface area contributed by atoms with Crippen molar-refractivity contribution < 1.29 is 9.59 Å². The third-order valence-electron chi connectivity index (χ3n) is 6.71. The molecule has 1 heterocycles. The molecule has 0 spiro atoms. The van der Waals surface area contributed by atoms with E-state index >= 15 is 0 Å². The van der Waals surface area contributed by atoms with Crippen LogP contribution in [0.3, 0.4) is 0 Å². The predicted molar refractivity (Wildman–Crippen MR) is 133 cm³/mol. The fourth-order valence-electron chi connectivity index (χ4n) is 5.15. The van der Waals surface area contributed by atoms with Gasteiger partial charge >= 0.3 is 0 Å². The molecule has 2 unspecified atom stereocenters. The lowest BCUT2D eigenvalue weighted by Gasteiger charge is -2.41. The SMILES string of the molecule is Cc1ccccc1N1C(=O)CC(c2cccc(Cl)c2Cl)C2=C1CC(c1ccccc1)CC2=O. The highest BCUT2D eigenvalue weighted by molar-refractivity contribution is 6.42. The van der Waals surface area contributed by atoms with E-state index in [9.17, 15) is 9.59 Å². The number of para-hydroxylation sites is 1. The summed E-state index contributed by atoms with van der Waals surface area (Å²) in [4.78, 5) is 29.1. The summed E-state index contributed by atoms with van der Waals surface area (Å²) in [5.74, 6) is -0.351. The van der Waals surface area contributed by atoms with Crippen molar-refractivity contribution in [3.8, 4) is 0 Å². The van der Waals surface area contributed by atoms with E-state index in [0.717, 1.165) is 28.1 Å². The molecule has 0 saturated carbocycles. The summed E-state index contributed by atoms with van der Waals surface area (Å²) < 4.78 is 0. The highest BCUT2D eigenvalue weighted by Crippen LogP contribution is 2.49. The molecule has 0 N–H and O–H groups in total. The second-order valence-corrected chi connectivity index (χ2v) is 9.50. The van der Waals surface area contributed by atoms with Gasteiger partial charge in [0, 0.05) is 30.0 Å². The molecule has 5 heteroatoms. The highest BCUT2D eigenvalue weighted by Gasteiger charge is 2.43. The number of hydrogen-bond donors (Lipinski definition) is 0. The maximum absolute atomic E-state index is 13.7. The number of allylic oxidation sites excluding steroid dienone is 2. The van der Waals surface area contributed by atoms with Gasteiger partial charge in [0.2, 0.25) is 5.91 Å². The lowest BCUT2D eigenvalue weighted by atomic mass is 9.72. The summed E-state index contributed by atoms with van der Waals surface area (Å²) in [5.41, 5.74) is 5.14. The van der Waals surface area contributed by atoms with Gasteiger partial charge < -0.3 is 0 Å². The van der Waals surface area contributed by atoms with Crippen LogP contribution in [-0.4, -0.2) is 11.7 Å². The van der Waals surface area contributed by atoms with Crippen molar-refractivity contribution in [3.05, 3.63) is 111 Å². The molecule has 2 atom stereocenters. The quantitative estimate of drug-likeness (QED) is 0.400. The molecule has 1 aliphatic heterocycles. The maximum Gasteiger partial charge on any atom is 0.232 e. The van der Waals surface area contributed by atoms with E-state index in [1.165, 1.54) is 0 Å². The van der Waals surface area contributed by atoms with Gasteiger partial charge in [-0.15, -0.1) is 0 Å². The van der Waals surface area contributed by atoms with Gasteiger partial charge in [0.1, 0.15) is 0 Å². The van der Waals surface area contributed by atoms with Gasteiger partial charge in [0.25, 0.3) is 0 Å². The number of rotatable bonds is 3. The first-order valence-corrected chi connectivity index (χ1v) is 11.8. The number of carbonyl (C=O) groups is 2. The first-order valence-electron chi connectivity index (χ1n) is 11.1. The largest absolute Gasteiger partial charge is 0.294 e. The van der Waals surface area contributed by atoms with Crippen LogP contribution < -0.4 is 4.90 Å². The van der Waals surface area contributed by atoms with Crippen LogP contribution in [0.25, 0.3) is 0 Å². The zero-order chi connectivity index (χ0) is 23.1. The van der Waals surface area contributed by atoms with Gasteiger partial charge in [-0.25, -0.2) is 0 Å². The Hall–Kier alpha value is -2.88. The van der Waals surface area contributed by atoms with E-state index in [-0.39, 0.29) is 24.0 Å². The number of anilines is 1. The Bertz CT molecular complexity index is 1280. The Labute approximate surface area is 203 Å². The normalized spacial score (nSPS) is 20.8. The zero-order valence-corrected chi connectivity index (χ0v) is 19.7. The minimum Gasteiger partial charge on any atom is -0.294 e. The average molecular weight is 476 g/mol. The van der Waals surface area contributed by atoms with Crippen LogP contribution in [0.1, 0.15) is 47.8 Å². The Morgan fingerprint density at radius 1 is 0.818 bits per heavy atom. The first kappa shape index (κ1) is 21.9. The number of amides is 1. The number of carbonyl (C=O) groups excluding carboxylic acids is 2. The molecule has 0 aromatic heterocycles. The number of ketones is 1. The van der Waals surface area contributed by atoms with E-state index in [1.807, 2.05) is 61.5 Å². The lowest BCUT2D eigenvalue weighted by molar-refractivity contribution is -0.120. The van der Waals surface area contributed by atoms with Crippen molar-refractivity contribution in [2.24, 2.45) is 0 Å². The molecule has 0 fully saturated rings. The number of halogens is 2. The fraction of sp³-hybridized carbons (Fsp3) is 0.214. The zero-order valence-electron chi connectivity index (χ0n) is 18.2. The smallest absolute Gasteiger partial charge is 0.232 e. The lowest BCUT2D eigenvalue weighted by Crippen LogP contribution is -2.42. The molecule has 3 aromatic rings. The van der Waals surface area contributed by atoms with E-state index in [4.69, 9.17) is 23.2 Å². The monoisotopic (exact) mass is 475 g/mol. The second-order valence-electron chi connectivity index (χ2n) is 8.71. The van der Waals surface area contributed by atoms with Gasteiger partial charge in [-0.3, -0.25) is 14.5 Å². The van der Waals surface area contributed by atoms with Crippen LogP contribution in [-0.2, 0) is 9.59 Å². The minimum absolute atomic E-state index is 0.0188. The summed E-state index contributed by atoms with van der Waals surface area (Å²) in [5, 5.41) is 0.835. The predicted octanol–water partition coefficient (Wildman–Crippen LogP) is 7.22. The van der Waals surface area contributed by atoms with E-state index in [1.54, 1.807) is 11.0 Å². The van der Waals surface area contributed by atoms with Crippen LogP contribution in [0.2, 0.25) is 10.0 Å². The van der Waals surface area contributed by atoms with Crippen LogP contribution in [0.5, 0.6) is 0 Å². The minimum atomic E-state index is -0.400. The van der Waals surface area contributed by atoms with Gasteiger partial charge in [-0.05, 0) is 48.1 Å². The average Bonchev–Trinajstić information content (AvgIpc) is 2.81. The van der Waals surface area contributed by atoms with Crippen LogP contribution in [0, 0.1) is 6.92 Å². The number of benzene rings is 3.